The lowest BCUT2D eigenvalue weighted by Crippen LogP contribution is -2.54. The van der Waals surface area contributed by atoms with Crippen molar-refractivity contribution in [2.45, 2.75) is 25.0 Å². The topological polar surface area (TPSA) is 39.2 Å². The molecule has 0 aromatic heterocycles. The van der Waals surface area contributed by atoms with Gasteiger partial charge < -0.3 is 14.7 Å². The fourth-order valence-electron chi connectivity index (χ4n) is 3.95. The molecule has 2 unspecified atom stereocenters. The molecule has 0 amide bonds. The molecule has 2 heterocycles. The monoisotopic (exact) mass is 333 g/mol. The first-order chi connectivity index (χ1) is 11.7. The van der Waals surface area contributed by atoms with Gasteiger partial charge in [0.15, 0.2) is 0 Å². The van der Waals surface area contributed by atoms with E-state index in [1.54, 1.807) is 7.11 Å². The number of piperidine rings is 1. The minimum atomic E-state index is -0.451. The predicted octanol–water partition coefficient (Wildman–Crippen LogP) is 1.44. The molecule has 5 heteroatoms. The van der Waals surface area contributed by atoms with E-state index in [4.69, 9.17) is 4.74 Å². The Labute approximate surface area is 145 Å². The Morgan fingerprint density at radius 2 is 2.00 bits per heavy atom. The molecule has 1 aromatic carbocycles. The Morgan fingerprint density at radius 1 is 1.21 bits per heavy atom. The molecule has 1 aromatic rings. The number of aliphatic hydroxyl groups excluding tert-OH is 1. The van der Waals surface area contributed by atoms with Crippen LogP contribution in [0.5, 0.6) is 5.75 Å². The Balaban J connectivity index is 1.48. The van der Waals surface area contributed by atoms with E-state index < -0.39 is 6.10 Å². The van der Waals surface area contributed by atoms with Crippen LogP contribution in [0.1, 0.15) is 24.5 Å². The summed E-state index contributed by atoms with van der Waals surface area (Å²) in [5.74, 6) is 0.804. The molecule has 0 saturated carbocycles. The van der Waals surface area contributed by atoms with Crippen LogP contribution in [0.4, 0.5) is 0 Å². The summed E-state index contributed by atoms with van der Waals surface area (Å²) in [6, 6.07) is 8.47. The number of ether oxygens (including phenoxy) is 1. The molecule has 2 fully saturated rings. The van der Waals surface area contributed by atoms with Crippen molar-refractivity contribution in [1.29, 1.82) is 0 Å². The van der Waals surface area contributed by atoms with E-state index in [-0.39, 0.29) is 0 Å². The van der Waals surface area contributed by atoms with Crippen LogP contribution in [0.3, 0.4) is 0 Å². The van der Waals surface area contributed by atoms with Crippen LogP contribution in [0.25, 0.3) is 0 Å². The number of hydrogen-bond donors (Lipinski definition) is 1. The van der Waals surface area contributed by atoms with Gasteiger partial charge in [-0.05, 0) is 44.1 Å². The van der Waals surface area contributed by atoms with E-state index in [2.05, 4.69) is 21.7 Å². The second kappa shape index (κ2) is 8.30. The van der Waals surface area contributed by atoms with Gasteiger partial charge in [0.2, 0.25) is 0 Å². The highest BCUT2D eigenvalue weighted by molar-refractivity contribution is 5.29. The van der Waals surface area contributed by atoms with Crippen molar-refractivity contribution >= 4 is 0 Å². The first-order valence-corrected chi connectivity index (χ1v) is 9.12. The third kappa shape index (κ3) is 4.48. The smallest absolute Gasteiger partial charge is 0.119 e. The maximum Gasteiger partial charge on any atom is 0.119 e. The van der Waals surface area contributed by atoms with E-state index in [0.29, 0.717) is 12.6 Å². The number of hydrogen-bond acceptors (Lipinski definition) is 5. The summed E-state index contributed by atoms with van der Waals surface area (Å²) in [7, 11) is 3.89. The zero-order valence-electron chi connectivity index (χ0n) is 15.0. The molecule has 24 heavy (non-hydrogen) atoms. The van der Waals surface area contributed by atoms with Crippen molar-refractivity contribution < 1.29 is 9.84 Å². The number of β-amino-alcohol motifs (C(OH)–C–C–N with tert-alkyl or cyclic N) is 1. The minimum absolute atomic E-state index is 0.451. The summed E-state index contributed by atoms with van der Waals surface area (Å²) < 4.78 is 5.25. The van der Waals surface area contributed by atoms with Gasteiger partial charge in [0.1, 0.15) is 5.75 Å². The summed E-state index contributed by atoms with van der Waals surface area (Å²) in [6.45, 7) is 7.45. The summed E-state index contributed by atoms with van der Waals surface area (Å²) in [5, 5.41) is 10.5. The van der Waals surface area contributed by atoms with Crippen molar-refractivity contribution in [2.24, 2.45) is 0 Å². The van der Waals surface area contributed by atoms with Crippen LogP contribution in [0.15, 0.2) is 24.3 Å². The van der Waals surface area contributed by atoms with Crippen molar-refractivity contribution in [2.75, 3.05) is 60.0 Å². The van der Waals surface area contributed by atoms with Gasteiger partial charge in [-0.15, -0.1) is 0 Å². The number of likely N-dealkylation sites (N-methyl/N-ethyl adjacent to an activating group) is 1. The molecule has 2 atom stereocenters. The van der Waals surface area contributed by atoms with Gasteiger partial charge in [-0.25, -0.2) is 0 Å². The zero-order valence-corrected chi connectivity index (χ0v) is 15.0. The highest BCUT2D eigenvalue weighted by Crippen LogP contribution is 2.21. The van der Waals surface area contributed by atoms with Crippen LogP contribution >= 0.6 is 0 Å². The fraction of sp³-hybridized carbons (Fsp3) is 0.684. The first kappa shape index (κ1) is 17.7. The van der Waals surface area contributed by atoms with Gasteiger partial charge in [0.05, 0.1) is 13.2 Å². The lowest BCUT2D eigenvalue weighted by Gasteiger charge is -2.43. The Hall–Kier alpha value is -1.14. The van der Waals surface area contributed by atoms with Gasteiger partial charge in [0, 0.05) is 45.3 Å². The van der Waals surface area contributed by atoms with Gasteiger partial charge in [-0.3, -0.25) is 9.80 Å². The normalized spacial score (nSPS) is 25.5. The minimum Gasteiger partial charge on any atom is -0.497 e. The second-order valence-electron chi connectivity index (χ2n) is 7.19. The molecule has 0 bridgehead atoms. The highest BCUT2D eigenvalue weighted by atomic mass is 16.5. The number of nitrogens with zero attached hydrogens (tertiary/aromatic N) is 3. The second-order valence-corrected chi connectivity index (χ2v) is 7.19. The fourth-order valence-corrected chi connectivity index (χ4v) is 3.95. The molecule has 134 valence electrons. The molecular weight excluding hydrogens is 302 g/mol. The van der Waals surface area contributed by atoms with E-state index in [9.17, 15) is 5.11 Å². The molecule has 1 N–H and O–H groups in total. The first-order valence-electron chi connectivity index (χ1n) is 9.12. The number of rotatable bonds is 5. The van der Waals surface area contributed by atoms with Crippen LogP contribution < -0.4 is 4.74 Å². The molecule has 0 aliphatic carbocycles. The summed E-state index contributed by atoms with van der Waals surface area (Å²) in [4.78, 5) is 7.48. The molecule has 2 aliphatic heterocycles. The number of methoxy groups -OCH3 is 1. The lowest BCUT2D eigenvalue weighted by molar-refractivity contribution is 0.0370. The average molecular weight is 333 g/mol. The molecule has 2 aliphatic rings. The maximum atomic E-state index is 10.5. The standard InChI is InChI=1S/C19H31N3O2/c1-20-8-4-6-17(14-20)22-11-9-21(10-12-22)15-19(23)16-5-3-7-18(13-16)24-2/h3,5,7,13,17,19,23H,4,6,8-12,14-15H2,1-2H3. The Bertz CT molecular complexity index is 517. The lowest BCUT2D eigenvalue weighted by atomic mass is 10.0. The van der Waals surface area contributed by atoms with Crippen molar-refractivity contribution in [3.8, 4) is 5.75 Å². The largest absolute Gasteiger partial charge is 0.497 e. The number of aliphatic hydroxyl groups is 1. The summed E-state index contributed by atoms with van der Waals surface area (Å²) in [5.41, 5.74) is 0.936. The molecule has 3 rings (SSSR count). The van der Waals surface area contributed by atoms with E-state index >= 15 is 0 Å². The Kier molecular flexibility index (Phi) is 6.11. The van der Waals surface area contributed by atoms with Crippen LogP contribution in [-0.4, -0.2) is 85.8 Å². The highest BCUT2D eigenvalue weighted by Gasteiger charge is 2.27. The average Bonchev–Trinajstić information content (AvgIpc) is 2.62. The molecule has 2 saturated heterocycles. The molecular formula is C19H31N3O2. The third-order valence-corrected chi connectivity index (χ3v) is 5.43. The summed E-state index contributed by atoms with van der Waals surface area (Å²) >= 11 is 0. The van der Waals surface area contributed by atoms with Crippen LogP contribution in [0.2, 0.25) is 0 Å². The van der Waals surface area contributed by atoms with Crippen molar-refractivity contribution in [3.05, 3.63) is 29.8 Å². The van der Waals surface area contributed by atoms with Gasteiger partial charge >= 0.3 is 0 Å². The zero-order chi connectivity index (χ0) is 16.9. The Morgan fingerprint density at radius 3 is 2.71 bits per heavy atom. The van der Waals surface area contributed by atoms with E-state index in [0.717, 1.165) is 37.5 Å². The van der Waals surface area contributed by atoms with Gasteiger partial charge in [-0.1, -0.05) is 12.1 Å². The molecule has 5 nitrogen and oxygen atoms in total. The van der Waals surface area contributed by atoms with Crippen LogP contribution in [0, 0.1) is 0 Å². The van der Waals surface area contributed by atoms with Crippen molar-refractivity contribution in [3.63, 3.8) is 0 Å². The maximum absolute atomic E-state index is 10.5. The van der Waals surface area contributed by atoms with Gasteiger partial charge in [0.25, 0.3) is 0 Å². The van der Waals surface area contributed by atoms with E-state index in [1.165, 1.54) is 25.9 Å². The summed E-state index contributed by atoms with van der Waals surface area (Å²) in [6.07, 6.45) is 2.19. The molecule has 0 spiro atoms. The number of likely N-dealkylation sites (tertiary alicyclic amines) is 1. The molecule has 0 radical (unpaired) electrons. The predicted molar refractivity (Wildman–Crippen MR) is 96.5 cm³/mol. The van der Waals surface area contributed by atoms with E-state index in [1.807, 2.05) is 24.3 Å². The SMILES string of the molecule is COc1cccc(C(O)CN2CCN(C3CCCN(C)C3)CC2)c1. The van der Waals surface area contributed by atoms with Gasteiger partial charge in [-0.2, -0.15) is 0 Å². The van der Waals surface area contributed by atoms with Crippen LogP contribution in [-0.2, 0) is 0 Å². The third-order valence-electron chi connectivity index (χ3n) is 5.43. The quantitative estimate of drug-likeness (QED) is 0.883. The number of benzene rings is 1. The van der Waals surface area contributed by atoms with Crippen molar-refractivity contribution in [1.82, 2.24) is 14.7 Å². The number of piperazine rings is 1.